The quantitative estimate of drug-likeness (QED) is 0.346. The van der Waals surface area contributed by atoms with Crippen molar-refractivity contribution in [2.75, 3.05) is 0 Å². The van der Waals surface area contributed by atoms with Crippen molar-refractivity contribution in [3.05, 3.63) is 65.6 Å². The maximum Gasteiger partial charge on any atom is 0.315 e. The SMILES string of the molecule is O=C(Cc1ccc[n+]([O-])c1)Oc1ccccc1. The smallest absolute Gasteiger partial charge is 0.315 e. The van der Waals surface area contributed by atoms with Gasteiger partial charge in [0.05, 0.1) is 6.42 Å². The molecule has 0 unspecified atom stereocenters. The molecule has 0 aliphatic carbocycles. The van der Waals surface area contributed by atoms with Crippen LogP contribution in [0.2, 0.25) is 0 Å². The van der Waals surface area contributed by atoms with E-state index in [9.17, 15) is 10.0 Å². The van der Waals surface area contributed by atoms with Gasteiger partial charge in [0.2, 0.25) is 0 Å². The lowest BCUT2D eigenvalue weighted by Gasteiger charge is -2.03. The zero-order valence-electron chi connectivity index (χ0n) is 9.08. The summed E-state index contributed by atoms with van der Waals surface area (Å²) in [4.78, 5) is 11.6. The molecule has 86 valence electrons. The molecular formula is C13H11NO3. The second-order valence-corrected chi connectivity index (χ2v) is 3.54. The van der Waals surface area contributed by atoms with Crippen LogP contribution >= 0.6 is 0 Å². The van der Waals surface area contributed by atoms with Gasteiger partial charge in [0.15, 0.2) is 12.4 Å². The van der Waals surface area contributed by atoms with Gasteiger partial charge in [-0.15, -0.1) is 0 Å². The molecule has 1 aromatic heterocycles. The first kappa shape index (κ1) is 11.1. The number of pyridine rings is 1. The number of nitrogens with zero attached hydrogens (tertiary/aromatic N) is 1. The number of esters is 1. The Morgan fingerprint density at radius 1 is 1.18 bits per heavy atom. The molecule has 0 fully saturated rings. The maximum atomic E-state index is 11.6. The zero-order chi connectivity index (χ0) is 12.1. The van der Waals surface area contributed by atoms with E-state index in [1.165, 1.54) is 12.4 Å². The number of carbonyl (C=O) groups is 1. The van der Waals surface area contributed by atoms with Crippen molar-refractivity contribution in [2.24, 2.45) is 0 Å². The summed E-state index contributed by atoms with van der Waals surface area (Å²) in [7, 11) is 0. The van der Waals surface area contributed by atoms with Crippen LogP contribution in [0.25, 0.3) is 0 Å². The first-order valence-corrected chi connectivity index (χ1v) is 5.17. The van der Waals surface area contributed by atoms with Gasteiger partial charge in [-0.2, -0.15) is 4.73 Å². The summed E-state index contributed by atoms with van der Waals surface area (Å²) in [6.45, 7) is 0. The second-order valence-electron chi connectivity index (χ2n) is 3.54. The van der Waals surface area contributed by atoms with Gasteiger partial charge in [0.1, 0.15) is 5.75 Å². The minimum Gasteiger partial charge on any atom is -0.619 e. The van der Waals surface area contributed by atoms with Crippen molar-refractivity contribution in [3.63, 3.8) is 0 Å². The summed E-state index contributed by atoms with van der Waals surface area (Å²) < 4.78 is 5.77. The lowest BCUT2D eigenvalue weighted by atomic mass is 10.2. The lowest BCUT2D eigenvalue weighted by Crippen LogP contribution is -2.25. The molecule has 1 aromatic carbocycles. The summed E-state index contributed by atoms with van der Waals surface area (Å²) >= 11 is 0. The van der Waals surface area contributed by atoms with E-state index in [-0.39, 0.29) is 12.4 Å². The van der Waals surface area contributed by atoms with E-state index >= 15 is 0 Å². The Bertz CT molecular complexity index is 511. The average molecular weight is 229 g/mol. The molecule has 4 nitrogen and oxygen atoms in total. The Labute approximate surface area is 98.7 Å². The van der Waals surface area contributed by atoms with Crippen LogP contribution in [0.15, 0.2) is 54.9 Å². The van der Waals surface area contributed by atoms with E-state index in [2.05, 4.69) is 0 Å². The van der Waals surface area contributed by atoms with Gasteiger partial charge in [-0.3, -0.25) is 4.79 Å². The molecule has 0 atom stereocenters. The largest absolute Gasteiger partial charge is 0.619 e. The molecule has 2 aromatic rings. The monoisotopic (exact) mass is 229 g/mol. The average Bonchev–Trinajstić information content (AvgIpc) is 2.30. The van der Waals surface area contributed by atoms with Crippen LogP contribution in [0.3, 0.4) is 0 Å². The molecule has 0 saturated carbocycles. The van der Waals surface area contributed by atoms with Crippen LogP contribution in [-0.4, -0.2) is 5.97 Å². The van der Waals surface area contributed by atoms with Gasteiger partial charge in [0.25, 0.3) is 0 Å². The Hall–Kier alpha value is -2.36. The number of aromatic nitrogens is 1. The van der Waals surface area contributed by atoms with Crippen LogP contribution in [0.4, 0.5) is 0 Å². The van der Waals surface area contributed by atoms with Crippen molar-refractivity contribution in [2.45, 2.75) is 6.42 Å². The van der Waals surface area contributed by atoms with Gasteiger partial charge in [-0.1, -0.05) is 18.2 Å². The van der Waals surface area contributed by atoms with Crippen molar-refractivity contribution >= 4 is 5.97 Å². The summed E-state index contributed by atoms with van der Waals surface area (Å²) in [5.74, 6) is 0.117. The Kier molecular flexibility index (Phi) is 3.35. The third kappa shape index (κ3) is 3.31. The zero-order valence-corrected chi connectivity index (χ0v) is 9.08. The van der Waals surface area contributed by atoms with Crippen LogP contribution in [0.5, 0.6) is 5.75 Å². The summed E-state index contributed by atoms with van der Waals surface area (Å²) in [6.07, 6.45) is 2.80. The standard InChI is InChI=1S/C13H11NO3/c15-13(17-12-6-2-1-3-7-12)9-11-5-4-8-14(16)10-11/h1-8,10H,9H2. The van der Waals surface area contributed by atoms with Gasteiger partial charge >= 0.3 is 5.97 Å². The molecule has 0 amide bonds. The minimum absolute atomic E-state index is 0.0813. The fourth-order valence-corrected chi connectivity index (χ4v) is 1.43. The highest BCUT2D eigenvalue weighted by Crippen LogP contribution is 2.09. The first-order chi connectivity index (χ1) is 8.24. The molecule has 1 heterocycles. The summed E-state index contributed by atoms with van der Waals surface area (Å²) in [5, 5.41) is 11.0. The number of hydrogen-bond donors (Lipinski definition) is 0. The van der Waals surface area contributed by atoms with Gasteiger partial charge in [-0.05, 0) is 18.2 Å². The Morgan fingerprint density at radius 3 is 2.65 bits per heavy atom. The molecule has 0 saturated heterocycles. The van der Waals surface area contributed by atoms with Crippen molar-refractivity contribution < 1.29 is 14.3 Å². The number of hydrogen-bond acceptors (Lipinski definition) is 3. The molecule has 0 spiro atoms. The van der Waals surface area contributed by atoms with Crippen LogP contribution in [-0.2, 0) is 11.2 Å². The highest BCUT2D eigenvalue weighted by atomic mass is 16.5. The second kappa shape index (κ2) is 5.12. The maximum absolute atomic E-state index is 11.6. The molecule has 4 heteroatoms. The number of para-hydroxylation sites is 1. The molecule has 0 bridgehead atoms. The highest BCUT2D eigenvalue weighted by Gasteiger charge is 2.08. The Morgan fingerprint density at radius 2 is 1.94 bits per heavy atom. The molecule has 0 N–H and O–H groups in total. The molecule has 0 aliphatic rings. The number of ether oxygens (including phenoxy) is 1. The molecule has 17 heavy (non-hydrogen) atoms. The van der Waals surface area contributed by atoms with E-state index in [4.69, 9.17) is 4.74 Å². The predicted octanol–water partition coefficient (Wildman–Crippen LogP) is 1.47. The molecule has 0 aliphatic heterocycles. The minimum atomic E-state index is -0.387. The van der Waals surface area contributed by atoms with Crippen LogP contribution < -0.4 is 9.47 Å². The normalized spacial score (nSPS) is 9.88. The van der Waals surface area contributed by atoms with Crippen molar-refractivity contribution in [1.29, 1.82) is 0 Å². The molecule has 2 rings (SSSR count). The molecular weight excluding hydrogens is 218 g/mol. The van der Waals surface area contributed by atoms with E-state index in [1.807, 2.05) is 6.07 Å². The number of carbonyl (C=O) groups excluding carboxylic acids is 1. The van der Waals surface area contributed by atoms with Gasteiger partial charge in [0, 0.05) is 11.6 Å². The topological polar surface area (TPSA) is 53.2 Å². The van der Waals surface area contributed by atoms with Crippen molar-refractivity contribution in [1.82, 2.24) is 0 Å². The number of rotatable bonds is 3. The van der Waals surface area contributed by atoms with Crippen LogP contribution in [0.1, 0.15) is 5.56 Å². The highest BCUT2D eigenvalue weighted by molar-refractivity contribution is 5.74. The fourth-order valence-electron chi connectivity index (χ4n) is 1.43. The first-order valence-electron chi connectivity index (χ1n) is 5.17. The van der Waals surface area contributed by atoms with Crippen molar-refractivity contribution in [3.8, 4) is 5.75 Å². The molecule has 0 radical (unpaired) electrons. The predicted molar refractivity (Wildman–Crippen MR) is 61.2 cm³/mol. The van der Waals surface area contributed by atoms with E-state index in [0.29, 0.717) is 16.0 Å². The van der Waals surface area contributed by atoms with Gasteiger partial charge < -0.3 is 9.94 Å². The fraction of sp³-hybridized carbons (Fsp3) is 0.0769. The lowest BCUT2D eigenvalue weighted by molar-refractivity contribution is -0.605. The third-order valence-electron chi connectivity index (χ3n) is 2.16. The van der Waals surface area contributed by atoms with Gasteiger partial charge in [-0.25, -0.2) is 0 Å². The Balaban J connectivity index is 1.98. The summed E-state index contributed by atoms with van der Waals surface area (Å²) in [5.41, 5.74) is 0.628. The third-order valence-corrected chi connectivity index (χ3v) is 2.16. The summed E-state index contributed by atoms with van der Waals surface area (Å²) in [6, 6.07) is 12.1. The number of benzene rings is 1. The van der Waals surface area contributed by atoms with E-state index < -0.39 is 0 Å². The van der Waals surface area contributed by atoms with E-state index in [0.717, 1.165) is 0 Å². The van der Waals surface area contributed by atoms with E-state index in [1.54, 1.807) is 36.4 Å². The van der Waals surface area contributed by atoms with Crippen LogP contribution in [0, 0.1) is 5.21 Å².